The zero-order valence-electron chi connectivity index (χ0n) is 9.82. The number of hydrogen-bond acceptors (Lipinski definition) is 3. The molecular formula is C12H22N2O2. The summed E-state index contributed by atoms with van der Waals surface area (Å²) in [6.45, 7) is 6.69. The van der Waals surface area contributed by atoms with Crippen molar-refractivity contribution >= 4 is 5.91 Å². The number of nitrogens with one attached hydrogen (secondary N) is 1. The van der Waals surface area contributed by atoms with E-state index in [2.05, 4.69) is 11.9 Å². The number of aliphatic hydroxyl groups is 1. The van der Waals surface area contributed by atoms with Crippen molar-refractivity contribution < 1.29 is 9.90 Å². The molecule has 0 saturated carbocycles. The van der Waals surface area contributed by atoms with E-state index in [0.29, 0.717) is 25.4 Å². The monoisotopic (exact) mass is 226 g/mol. The van der Waals surface area contributed by atoms with Crippen molar-refractivity contribution in [2.75, 3.05) is 32.8 Å². The van der Waals surface area contributed by atoms with Gasteiger partial charge in [0, 0.05) is 19.5 Å². The Hall–Kier alpha value is -0.870. The minimum atomic E-state index is 0.0184. The third-order valence-corrected chi connectivity index (χ3v) is 3.00. The van der Waals surface area contributed by atoms with Crippen LogP contribution in [0, 0.1) is 5.92 Å². The molecule has 1 fully saturated rings. The molecule has 0 aromatic carbocycles. The van der Waals surface area contributed by atoms with E-state index in [9.17, 15) is 4.79 Å². The topological polar surface area (TPSA) is 52.6 Å². The van der Waals surface area contributed by atoms with Crippen LogP contribution in [0.3, 0.4) is 0 Å². The molecule has 1 aliphatic heterocycles. The van der Waals surface area contributed by atoms with E-state index in [-0.39, 0.29) is 12.5 Å². The molecule has 16 heavy (non-hydrogen) atoms. The Morgan fingerprint density at radius 2 is 2.44 bits per heavy atom. The highest BCUT2D eigenvalue weighted by Crippen LogP contribution is 2.15. The van der Waals surface area contributed by atoms with Gasteiger partial charge in [0.05, 0.1) is 6.61 Å². The molecule has 92 valence electrons. The van der Waals surface area contributed by atoms with Crippen molar-refractivity contribution in [2.45, 2.75) is 19.3 Å². The molecule has 0 aliphatic carbocycles. The largest absolute Gasteiger partial charge is 0.395 e. The average molecular weight is 226 g/mol. The molecule has 0 aromatic rings. The fraction of sp³-hybridized carbons (Fsp3) is 0.750. The van der Waals surface area contributed by atoms with E-state index in [0.717, 1.165) is 19.5 Å². The van der Waals surface area contributed by atoms with Gasteiger partial charge in [0.15, 0.2) is 0 Å². The molecule has 0 bridgehead atoms. The molecule has 1 saturated heterocycles. The third kappa shape index (κ3) is 4.33. The molecule has 0 aromatic heterocycles. The summed E-state index contributed by atoms with van der Waals surface area (Å²) in [5.74, 6) is 0.768. The van der Waals surface area contributed by atoms with Crippen molar-refractivity contribution in [1.29, 1.82) is 0 Å². The lowest BCUT2D eigenvalue weighted by atomic mass is 10.0. The highest BCUT2D eigenvalue weighted by Gasteiger charge is 2.17. The quantitative estimate of drug-likeness (QED) is 0.617. The standard InChI is InChI=1S/C12H22N2O2/c1-2-7-14(8-9-15)12(16)4-3-11-5-6-13-10-11/h2,11,13,15H,1,3-10H2. The van der Waals surface area contributed by atoms with E-state index in [1.54, 1.807) is 11.0 Å². The second-order valence-electron chi connectivity index (χ2n) is 4.25. The van der Waals surface area contributed by atoms with Gasteiger partial charge in [-0.3, -0.25) is 4.79 Å². The number of amides is 1. The Balaban J connectivity index is 2.26. The normalized spacial score (nSPS) is 19.7. The summed E-state index contributed by atoms with van der Waals surface area (Å²) in [6, 6.07) is 0. The van der Waals surface area contributed by atoms with Crippen LogP contribution in [-0.2, 0) is 4.79 Å². The minimum Gasteiger partial charge on any atom is -0.395 e. The lowest BCUT2D eigenvalue weighted by molar-refractivity contribution is -0.131. The zero-order valence-corrected chi connectivity index (χ0v) is 9.82. The number of rotatable bonds is 7. The molecule has 1 heterocycles. The van der Waals surface area contributed by atoms with Crippen molar-refractivity contribution in [1.82, 2.24) is 10.2 Å². The van der Waals surface area contributed by atoms with Gasteiger partial charge in [-0.2, -0.15) is 0 Å². The second-order valence-corrected chi connectivity index (χ2v) is 4.25. The van der Waals surface area contributed by atoms with Gasteiger partial charge in [-0.05, 0) is 31.8 Å². The van der Waals surface area contributed by atoms with Crippen LogP contribution < -0.4 is 5.32 Å². The minimum absolute atomic E-state index is 0.0184. The number of carbonyl (C=O) groups excluding carboxylic acids is 1. The van der Waals surface area contributed by atoms with Gasteiger partial charge in [0.2, 0.25) is 5.91 Å². The van der Waals surface area contributed by atoms with E-state index < -0.39 is 0 Å². The van der Waals surface area contributed by atoms with Gasteiger partial charge in [-0.1, -0.05) is 6.08 Å². The molecule has 1 aliphatic rings. The van der Waals surface area contributed by atoms with E-state index >= 15 is 0 Å². The lowest BCUT2D eigenvalue weighted by Crippen LogP contribution is -2.33. The van der Waals surface area contributed by atoms with Crippen LogP contribution in [-0.4, -0.2) is 48.7 Å². The van der Waals surface area contributed by atoms with Gasteiger partial charge in [-0.15, -0.1) is 6.58 Å². The van der Waals surface area contributed by atoms with Crippen molar-refractivity contribution in [3.63, 3.8) is 0 Å². The summed E-state index contributed by atoms with van der Waals surface area (Å²) >= 11 is 0. The fourth-order valence-electron chi connectivity index (χ4n) is 2.04. The summed E-state index contributed by atoms with van der Waals surface area (Å²) in [7, 11) is 0. The van der Waals surface area contributed by atoms with Gasteiger partial charge >= 0.3 is 0 Å². The fourth-order valence-corrected chi connectivity index (χ4v) is 2.04. The molecule has 0 spiro atoms. The average Bonchev–Trinajstić information content (AvgIpc) is 2.78. The molecule has 0 radical (unpaired) electrons. The Labute approximate surface area is 97.3 Å². The Morgan fingerprint density at radius 3 is 3.00 bits per heavy atom. The molecule has 1 unspecified atom stereocenters. The first kappa shape index (κ1) is 13.2. The first-order valence-corrected chi connectivity index (χ1v) is 5.98. The maximum absolute atomic E-state index is 11.8. The first-order valence-electron chi connectivity index (χ1n) is 5.98. The molecule has 1 amide bonds. The Bertz CT molecular complexity index is 225. The van der Waals surface area contributed by atoms with Crippen LogP contribution >= 0.6 is 0 Å². The van der Waals surface area contributed by atoms with Crippen LogP contribution in [0.4, 0.5) is 0 Å². The molecule has 1 atom stereocenters. The number of aliphatic hydroxyl groups excluding tert-OH is 1. The summed E-state index contributed by atoms with van der Waals surface area (Å²) in [5.41, 5.74) is 0. The third-order valence-electron chi connectivity index (χ3n) is 3.00. The molecular weight excluding hydrogens is 204 g/mol. The maximum Gasteiger partial charge on any atom is 0.222 e. The van der Waals surface area contributed by atoms with Gasteiger partial charge < -0.3 is 15.3 Å². The smallest absolute Gasteiger partial charge is 0.222 e. The van der Waals surface area contributed by atoms with Crippen LogP contribution in [0.2, 0.25) is 0 Å². The first-order chi connectivity index (χ1) is 7.77. The van der Waals surface area contributed by atoms with Crippen LogP contribution in [0.5, 0.6) is 0 Å². The van der Waals surface area contributed by atoms with E-state index in [1.807, 2.05) is 0 Å². The van der Waals surface area contributed by atoms with Gasteiger partial charge in [0.25, 0.3) is 0 Å². The van der Waals surface area contributed by atoms with Crippen LogP contribution in [0.15, 0.2) is 12.7 Å². The molecule has 4 heteroatoms. The van der Waals surface area contributed by atoms with Gasteiger partial charge in [-0.25, -0.2) is 0 Å². The van der Waals surface area contributed by atoms with E-state index in [4.69, 9.17) is 5.11 Å². The summed E-state index contributed by atoms with van der Waals surface area (Å²) in [6.07, 6.45) is 4.41. The van der Waals surface area contributed by atoms with Crippen LogP contribution in [0.1, 0.15) is 19.3 Å². The SMILES string of the molecule is C=CCN(CCO)C(=O)CCC1CCNC1. The van der Waals surface area contributed by atoms with Gasteiger partial charge in [0.1, 0.15) is 0 Å². The number of nitrogens with zero attached hydrogens (tertiary/aromatic N) is 1. The van der Waals surface area contributed by atoms with E-state index in [1.165, 1.54) is 6.42 Å². The molecule has 2 N–H and O–H groups in total. The lowest BCUT2D eigenvalue weighted by Gasteiger charge is -2.20. The summed E-state index contributed by atoms with van der Waals surface area (Å²) < 4.78 is 0. The number of carbonyl (C=O) groups is 1. The number of hydrogen-bond donors (Lipinski definition) is 2. The van der Waals surface area contributed by atoms with Crippen LogP contribution in [0.25, 0.3) is 0 Å². The predicted molar refractivity (Wildman–Crippen MR) is 64.1 cm³/mol. The second kappa shape index (κ2) is 7.41. The summed E-state index contributed by atoms with van der Waals surface area (Å²) in [4.78, 5) is 13.5. The van der Waals surface area contributed by atoms with Crippen molar-refractivity contribution in [3.8, 4) is 0 Å². The molecule has 1 rings (SSSR count). The highest BCUT2D eigenvalue weighted by atomic mass is 16.3. The van der Waals surface area contributed by atoms with Crippen molar-refractivity contribution in [3.05, 3.63) is 12.7 Å². The maximum atomic E-state index is 11.8. The predicted octanol–water partition coefficient (Wildman–Crippen LogP) is 0.383. The summed E-state index contributed by atoms with van der Waals surface area (Å²) in [5, 5.41) is 12.1. The Morgan fingerprint density at radius 1 is 1.62 bits per heavy atom. The highest BCUT2D eigenvalue weighted by molar-refractivity contribution is 5.76. The van der Waals surface area contributed by atoms with Crippen molar-refractivity contribution in [2.24, 2.45) is 5.92 Å². The Kier molecular flexibility index (Phi) is 6.11. The zero-order chi connectivity index (χ0) is 11.8. The molecule has 4 nitrogen and oxygen atoms in total.